The molecular weight excluding hydrogens is 304 g/mol. The number of hydrogen-bond donors (Lipinski definition) is 1. The van der Waals surface area contributed by atoms with Gasteiger partial charge in [-0.3, -0.25) is 0 Å². The average Bonchev–Trinajstić information content (AvgIpc) is 2.62. The third-order valence-electron chi connectivity index (χ3n) is 5.33. The molecule has 0 atom stereocenters. The summed E-state index contributed by atoms with van der Waals surface area (Å²) in [7, 11) is 0. The van der Waals surface area contributed by atoms with Crippen molar-refractivity contribution < 1.29 is 5.11 Å². The van der Waals surface area contributed by atoms with Gasteiger partial charge in [0, 0.05) is 0 Å². The summed E-state index contributed by atoms with van der Waals surface area (Å²) in [6.45, 7) is 4.53. The summed E-state index contributed by atoms with van der Waals surface area (Å²) >= 11 is 0. The second-order valence-corrected chi connectivity index (χ2v) is 7.66. The van der Waals surface area contributed by atoms with Crippen molar-refractivity contribution in [3.05, 3.63) is 29.3 Å². The number of phenols is 1. The van der Waals surface area contributed by atoms with Crippen molar-refractivity contribution in [2.45, 2.75) is 117 Å². The zero-order valence-corrected chi connectivity index (χ0v) is 17.0. The fourth-order valence-electron chi connectivity index (χ4n) is 3.68. The van der Waals surface area contributed by atoms with Crippen molar-refractivity contribution in [1.29, 1.82) is 0 Å². The topological polar surface area (TPSA) is 20.2 Å². The van der Waals surface area contributed by atoms with Crippen LogP contribution in [0.2, 0.25) is 0 Å². The molecule has 0 aromatic heterocycles. The zero-order chi connectivity index (χ0) is 18.2. The monoisotopic (exact) mass is 346 g/mol. The number of hydrogen-bond acceptors (Lipinski definition) is 1. The summed E-state index contributed by atoms with van der Waals surface area (Å²) in [4.78, 5) is 0. The quantitative estimate of drug-likeness (QED) is 0.301. The van der Waals surface area contributed by atoms with Gasteiger partial charge in [0.2, 0.25) is 0 Å². The van der Waals surface area contributed by atoms with E-state index in [1.54, 1.807) is 0 Å². The van der Waals surface area contributed by atoms with Gasteiger partial charge in [-0.2, -0.15) is 0 Å². The predicted octanol–water partition coefficient (Wildman–Crippen LogP) is 7.98. The average molecular weight is 347 g/mol. The summed E-state index contributed by atoms with van der Waals surface area (Å²) in [5.41, 5.74) is 2.61. The van der Waals surface area contributed by atoms with E-state index in [0.29, 0.717) is 5.75 Å². The van der Waals surface area contributed by atoms with Crippen LogP contribution >= 0.6 is 0 Å². The van der Waals surface area contributed by atoms with Crippen LogP contribution in [0.15, 0.2) is 18.2 Å². The normalized spacial score (nSPS) is 11.1. The summed E-state index contributed by atoms with van der Waals surface area (Å²) in [6.07, 6.45) is 21.0. The molecule has 0 fully saturated rings. The molecule has 0 heterocycles. The third-order valence-corrected chi connectivity index (χ3v) is 5.33. The summed E-state index contributed by atoms with van der Waals surface area (Å²) < 4.78 is 0. The first-order valence-corrected chi connectivity index (χ1v) is 11.1. The van der Waals surface area contributed by atoms with Gasteiger partial charge >= 0.3 is 0 Å². The van der Waals surface area contributed by atoms with E-state index in [2.05, 4.69) is 19.9 Å². The summed E-state index contributed by atoms with van der Waals surface area (Å²) in [5, 5.41) is 10.2. The van der Waals surface area contributed by atoms with E-state index >= 15 is 0 Å². The third kappa shape index (κ3) is 10.6. The molecule has 0 amide bonds. The number of aryl methyl sites for hydroxylation is 1. The second kappa shape index (κ2) is 15.3. The van der Waals surface area contributed by atoms with E-state index < -0.39 is 0 Å². The maximum atomic E-state index is 10.2. The SMILES string of the molecule is CCCCCCCCCCCc1cccc(O)c1CCCCCCC. The van der Waals surface area contributed by atoms with Gasteiger partial charge in [0.05, 0.1) is 0 Å². The number of phenolic OH excluding ortho intramolecular Hbond substituents is 1. The molecule has 0 bridgehead atoms. The maximum Gasteiger partial charge on any atom is 0.119 e. The number of unbranched alkanes of at least 4 members (excludes halogenated alkanes) is 12. The molecule has 0 radical (unpaired) electrons. The standard InChI is InChI=1S/C24H42O/c1-3-5-7-9-10-11-12-14-15-18-22-19-17-21-24(25)23(22)20-16-13-8-6-4-2/h17,19,21,25H,3-16,18,20H2,1-2H3. The van der Waals surface area contributed by atoms with Crippen LogP contribution in [0.1, 0.15) is 115 Å². The van der Waals surface area contributed by atoms with Crippen molar-refractivity contribution in [3.63, 3.8) is 0 Å². The number of rotatable bonds is 16. The Hall–Kier alpha value is -0.980. The minimum Gasteiger partial charge on any atom is -0.508 e. The van der Waals surface area contributed by atoms with Crippen LogP contribution in [0, 0.1) is 0 Å². The molecule has 1 rings (SSSR count). The highest BCUT2D eigenvalue weighted by molar-refractivity contribution is 5.39. The second-order valence-electron chi connectivity index (χ2n) is 7.66. The Bertz CT molecular complexity index is 424. The molecule has 0 saturated heterocycles. The molecule has 1 N–H and O–H groups in total. The van der Waals surface area contributed by atoms with Gasteiger partial charge in [-0.15, -0.1) is 0 Å². The molecule has 25 heavy (non-hydrogen) atoms. The van der Waals surface area contributed by atoms with E-state index in [-0.39, 0.29) is 0 Å². The lowest BCUT2D eigenvalue weighted by Crippen LogP contribution is -1.96. The zero-order valence-electron chi connectivity index (χ0n) is 17.0. The van der Waals surface area contributed by atoms with E-state index in [9.17, 15) is 5.11 Å². The van der Waals surface area contributed by atoms with Crippen LogP contribution in [0.3, 0.4) is 0 Å². The Balaban J connectivity index is 2.22. The summed E-state index contributed by atoms with van der Waals surface area (Å²) in [5.74, 6) is 0.518. The highest BCUT2D eigenvalue weighted by atomic mass is 16.3. The predicted molar refractivity (Wildman–Crippen MR) is 112 cm³/mol. The Kier molecular flexibility index (Phi) is 13.5. The van der Waals surface area contributed by atoms with Crippen LogP contribution in [0.5, 0.6) is 5.75 Å². The molecular formula is C24H42O. The van der Waals surface area contributed by atoms with Crippen LogP contribution in [-0.4, -0.2) is 5.11 Å². The fourth-order valence-corrected chi connectivity index (χ4v) is 3.68. The first kappa shape index (κ1) is 22.1. The lowest BCUT2D eigenvalue weighted by atomic mass is 9.95. The van der Waals surface area contributed by atoms with Gasteiger partial charge in [-0.25, -0.2) is 0 Å². The Morgan fingerprint density at radius 3 is 1.64 bits per heavy atom. The van der Waals surface area contributed by atoms with E-state index in [1.165, 1.54) is 101 Å². The Labute approximate surface area is 157 Å². The van der Waals surface area contributed by atoms with Crippen LogP contribution in [0.25, 0.3) is 0 Å². The molecule has 0 aliphatic rings. The maximum absolute atomic E-state index is 10.2. The van der Waals surface area contributed by atoms with Crippen LogP contribution in [0.4, 0.5) is 0 Å². The highest BCUT2D eigenvalue weighted by Gasteiger charge is 2.07. The molecule has 1 heteroatoms. The first-order chi connectivity index (χ1) is 12.3. The molecule has 144 valence electrons. The van der Waals surface area contributed by atoms with Gasteiger partial charge in [0.15, 0.2) is 0 Å². The molecule has 0 spiro atoms. The van der Waals surface area contributed by atoms with E-state index in [1.807, 2.05) is 12.1 Å². The Morgan fingerprint density at radius 2 is 1.08 bits per heavy atom. The smallest absolute Gasteiger partial charge is 0.119 e. The molecule has 1 aromatic carbocycles. The Morgan fingerprint density at radius 1 is 0.600 bits per heavy atom. The molecule has 0 saturated carbocycles. The minimum absolute atomic E-state index is 0.518. The van der Waals surface area contributed by atoms with Crippen molar-refractivity contribution in [2.75, 3.05) is 0 Å². The van der Waals surface area contributed by atoms with Crippen molar-refractivity contribution in [2.24, 2.45) is 0 Å². The van der Waals surface area contributed by atoms with Gasteiger partial charge in [-0.1, -0.05) is 103 Å². The molecule has 0 aliphatic heterocycles. The molecule has 0 aliphatic carbocycles. The van der Waals surface area contributed by atoms with Crippen LogP contribution < -0.4 is 0 Å². The van der Waals surface area contributed by atoms with Crippen molar-refractivity contribution in [1.82, 2.24) is 0 Å². The molecule has 0 unspecified atom stereocenters. The highest BCUT2D eigenvalue weighted by Crippen LogP contribution is 2.25. The number of benzene rings is 1. The van der Waals surface area contributed by atoms with Gasteiger partial charge in [0.25, 0.3) is 0 Å². The molecule has 1 nitrogen and oxygen atoms in total. The first-order valence-electron chi connectivity index (χ1n) is 11.1. The lowest BCUT2D eigenvalue weighted by molar-refractivity contribution is 0.464. The largest absolute Gasteiger partial charge is 0.508 e. The lowest BCUT2D eigenvalue weighted by Gasteiger charge is -2.12. The fraction of sp³-hybridized carbons (Fsp3) is 0.750. The van der Waals surface area contributed by atoms with Crippen molar-refractivity contribution in [3.8, 4) is 5.75 Å². The van der Waals surface area contributed by atoms with Gasteiger partial charge in [-0.05, 0) is 42.9 Å². The van der Waals surface area contributed by atoms with Crippen molar-refractivity contribution >= 4 is 0 Å². The van der Waals surface area contributed by atoms with E-state index in [0.717, 1.165) is 12.8 Å². The molecule has 1 aromatic rings. The van der Waals surface area contributed by atoms with E-state index in [4.69, 9.17) is 0 Å². The van der Waals surface area contributed by atoms with Gasteiger partial charge in [0.1, 0.15) is 5.75 Å². The summed E-state index contributed by atoms with van der Waals surface area (Å²) in [6, 6.07) is 6.10. The number of aromatic hydroxyl groups is 1. The van der Waals surface area contributed by atoms with Crippen LogP contribution in [-0.2, 0) is 12.8 Å². The van der Waals surface area contributed by atoms with Gasteiger partial charge < -0.3 is 5.11 Å². The minimum atomic E-state index is 0.518.